The molecule has 0 saturated carbocycles. The molecular formula is C29H28FN7O. The summed E-state index contributed by atoms with van der Waals surface area (Å²) >= 11 is 0. The molecule has 3 aromatic rings. The molecule has 2 aromatic carbocycles. The van der Waals surface area contributed by atoms with E-state index in [9.17, 15) is 9.18 Å². The van der Waals surface area contributed by atoms with Crippen LogP contribution in [0.25, 0.3) is 11.3 Å². The number of nitrogens with one attached hydrogen (secondary N) is 3. The quantitative estimate of drug-likeness (QED) is 0.457. The lowest BCUT2D eigenvalue weighted by Crippen LogP contribution is -2.66. The Labute approximate surface area is 220 Å². The molecule has 3 aliphatic heterocycles. The highest BCUT2D eigenvalue weighted by molar-refractivity contribution is 5.82. The van der Waals surface area contributed by atoms with Crippen molar-refractivity contribution in [2.75, 3.05) is 12.4 Å². The molecule has 38 heavy (non-hydrogen) atoms. The van der Waals surface area contributed by atoms with Crippen LogP contribution in [0.4, 0.5) is 10.1 Å². The minimum atomic E-state index is -0.496. The van der Waals surface area contributed by atoms with Gasteiger partial charge < -0.3 is 15.1 Å². The molecule has 3 N–H and O–H groups in total. The fourth-order valence-corrected chi connectivity index (χ4v) is 5.97. The molecule has 4 aliphatic rings. The van der Waals surface area contributed by atoms with Crippen LogP contribution in [0, 0.1) is 11.9 Å². The van der Waals surface area contributed by atoms with Gasteiger partial charge in [-0.05, 0) is 35.9 Å². The summed E-state index contributed by atoms with van der Waals surface area (Å²) in [5, 5.41) is 9.32. The van der Waals surface area contributed by atoms with E-state index < -0.39 is 5.95 Å². The van der Waals surface area contributed by atoms with E-state index in [1.54, 1.807) is 12.1 Å². The average Bonchev–Trinajstić information content (AvgIpc) is 3.62. The summed E-state index contributed by atoms with van der Waals surface area (Å²) in [6.45, 7) is 0.567. The normalized spacial score (nSPS) is 27.8. The lowest BCUT2D eigenvalue weighted by molar-refractivity contribution is -0.150. The minimum absolute atomic E-state index is 0.0873. The summed E-state index contributed by atoms with van der Waals surface area (Å²) in [5.41, 5.74) is 8.31. The van der Waals surface area contributed by atoms with Gasteiger partial charge in [-0.15, -0.1) is 0 Å². The number of pyridine rings is 1. The number of halogens is 1. The first-order valence-electron chi connectivity index (χ1n) is 12.8. The van der Waals surface area contributed by atoms with Crippen molar-refractivity contribution >= 4 is 11.6 Å². The second kappa shape index (κ2) is 9.05. The number of hydrogen-bond acceptors (Lipinski definition) is 7. The Morgan fingerprint density at radius 3 is 2.63 bits per heavy atom. The van der Waals surface area contributed by atoms with Crippen LogP contribution >= 0.6 is 0 Å². The predicted molar refractivity (Wildman–Crippen MR) is 142 cm³/mol. The molecule has 1 aliphatic carbocycles. The molecule has 192 valence electrons. The van der Waals surface area contributed by atoms with Gasteiger partial charge >= 0.3 is 0 Å². The van der Waals surface area contributed by atoms with Crippen molar-refractivity contribution in [1.82, 2.24) is 30.5 Å². The number of para-hydroxylation sites is 1. The maximum atomic E-state index is 13.8. The highest BCUT2D eigenvalue weighted by Crippen LogP contribution is 2.40. The van der Waals surface area contributed by atoms with Crippen LogP contribution in [0.2, 0.25) is 0 Å². The Morgan fingerprint density at radius 2 is 1.84 bits per heavy atom. The van der Waals surface area contributed by atoms with E-state index in [1.165, 1.54) is 11.8 Å². The largest absolute Gasteiger partial charge is 0.368 e. The van der Waals surface area contributed by atoms with Gasteiger partial charge in [0, 0.05) is 30.5 Å². The van der Waals surface area contributed by atoms with E-state index in [1.807, 2.05) is 66.5 Å². The third-order valence-corrected chi connectivity index (χ3v) is 7.80. The predicted octanol–water partition coefficient (Wildman–Crippen LogP) is 3.07. The molecule has 3 fully saturated rings. The maximum Gasteiger partial charge on any atom is 0.235 e. The molecule has 0 spiro atoms. The zero-order valence-electron chi connectivity index (χ0n) is 20.8. The van der Waals surface area contributed by atoms with Gasteiger partial charge in [-0.1, -0.05) is 60.7 Å². The number of benzene rings is 2. The van der Waals surface area contributed by atoms with Crippen molar-refractivity contribution in [3.63, 3.8) is 0 Å². The monoisotopic (exact) mass is 509 g/mol. The fraction of sp³-hybridized carbons (Fsp3) is 0.241. The summed E-state index contributed by atoms with van der Waals surface area (Å²) in [5.74, 6) is -0.747. The van der Waals surface area contributed by atoms with Crippen LogP contribution in [0.1, 0.15) is 5.56 Å². The molecule has 0 radical (unpaired) electrons. The maximum absolute atomic E-state index is 13.8. The fourth-order valence-electron chi connectivity index (χ4n) is 5.97. The summed E-state index contributed by atoms with van der Waals surface area (Å²) in [7, 11) is 1.87. The zero-order chi connectivity index (χ0) is 25.8. The van der Waals surface area contributed by atoms with Gasteiger partial charge in [0.1, 0.15) is 18.2 Å². The Bertz CT molecular complexity index is 1430. The molecule has 7 rings (SSSR count). The van der Waals surface area contributed by atoms with Crippen LogP contribution in [-0.2, 0) is 11.3 Å². The number of carbonyl (C=O) groups excluding carboxylic acids is 1. The summed E-state index contributed by atoms with van der Waals surface area (Å²) < 4.78 is 13.6. The summed E-state index contributed by atoms with van der Waals surface area (Å²) in [6, 6.07) is 22.9. The van der Waals surface area contributed by atoms with Crippen LogP contribution in [0.3, 0.4) is 0 Å². The van der Waals surface area contributed by atoms with Crippen molar-refractivity contribution in [3.8, 4) is 11.3 Å². The lowest BCUT2D eigenvalue weighted by atomic mass is 9.97. The topological polar surface area (TPSA) is 75.8 Å². The number of rotatable bonds is 5. The third kappa shape index (κ3) is 3.78. The van der Waals surface area contributed by atoms with Crippen LogP contribution < -0.4 is 16.1 Å². The van der Waals surface area contributed by atoms with Gasteiger partial charge in [0.05, 0.1) is 11.7 Å². The Hall–Kier alpha value is -4.05. The van der Waals surface area contributed by atoms with E-state index in [0.29, 0.717) is 12.2 Å². The number of aromatic nitrogens is 1. The molecule has 9 heteroatoms. The SMILES string of the molecule is CN1C(=O)C2C(Nc3ccccc3)N(Cc3ccc(-c4cccc(F)n4)cc3)NC2N2C3=CC=CC3NC12. The van der Waals surface area contributed by atoms with Gasteiger partial charge in [0.2, 0.25) is 11.9 Å². The molecule has 3 saturated heterocycles. The smallest absolute Gasteiger partial charge is 0.235 e. The van der Waals surface area contributed by atoms with Gasteiger partial charge in [0.25, 0.3) is 0 Å². The van der Waals surface area contributed by atoms with Gasteiger partial charge in [0.15, 0.2) is 6.29 Å². The van der Waals surface area contributed by atoms with E-state index in [4.69, 9.17) is 0 Å². The van der Waals surface area contributed by atoms with E-state index in [-0.39, 0.29) is 36.5 Å². The van der Waals surface area contributed by atoms with Gasteiger partial charge in [-0.3, -0.25) is 10.1 Å². The molecular weight excluding hydrogens is 481 g/mol. The number of anilines is 1. The number of hydrogen-bond donors (Lipinski definition) is 3. The van der Waals surface area contributed by atoms with Crippen LogP contribution in [-0.4, -0.2) is 57.4 Å². The molecule has 8 nitrogen and oxygen atoms in total. The second-order valence-electron chi connectivity index (χ2n) is 10.1. The Balaban J connectivity index is 1.20. The molecule has 0 bridgehead atoms. The summed E-state index contributed by atoms with van der Waals surface area (Å²) in [4.78, 5) is 21.9. The number of carbonyl (C=O) groups is 1. The van der Waals surface area contributed by atoms with Gasteiger partial charge in [-0.25, -0.2) is 15.4 Å². The van der Waals surface area contributed by atoms with E-state index >= 15 is 0 Å². The van der Waals surface area contributed by atoms with Crippen molar-refractivity contribution in [2.24, 2.45) is 5.92 Å². The number of amides is 1. The number of allylic oxidation sites excluding steroid dienone is 2. The van der Waals surface area contributed by atoms with Gasteiger partial charge in [-0.2, -0.15) is 4.39 Å². The Morgan fingerprint density at radius 1 is 1.03 bits per heavy atom. The Kier molecular flexibility index (Phi) is 5.50. The summed E-state index contributed by atoms with van der Waals surface area (Å²) in [6.07, 6.45) is 5.63. The van der Waals surface area contributed by atoms with Crippen LogP contribution in [0.15, 0.2) is 96.7 Å². The van der Waals surface area contributed by atoms with Crippen molar-refractivity contribution < 1.29 is 9.18 Å². The molecule has 4 heterocycles. The lowest BCUT2D eigenvalue weighted by Gasteiger charge is -2.45. The first-order chi connectivity index (χ1) is 18.6. The molecule has 1 aromatic heterocycles. The van der Waals surface area contributed by atoms with Crippen molar-refractivity contribution in [3.05, 3.63) is 108 Å². The van der Waals surface area contributed by atoms with Crippen LogP contribution in [0.5, 0.6) is 0 Å². The number of hydrazine groups is 1. The number of fused-ring (bicyclic) bond motifs is 5. The van der Waals surface area contributed by atoms with Crippen molar-refractivity contribution in [1.29, 1.82) is 0 Å². The van der Waals surface area contributed by atoms with E-state index in [2.05, 4.69) is 49.2 Å². The third-order valence-electron chi connectivity index (χ3n) is 7.80. The number of nitrogens with zero attached hydrogens (tertiary/aromatic N) is 4. The highest BCUT2D eigenvalue weighted by Gasteiger charge is 2.58. The zero-order valence-corrected chi connectivity index (χ0v) is 20.8. The van der Waals surface area contributed by atoms with E-state index in [0.717, 1.165) is 16.8 Å². The highest BCUT2D eigenvalue weighted by atomic mass is 19.1. The molecule has 5 atom stereocenters. The second-order valence-corrected chi connectivity index (χ2v) is 10.1. The first kappa shape index (κ1) is 23.1. The first-order valence-corrected chi connectivity index (χ1v) is 12.8. The van der Waals surface area contributed by atoms with Crippen molar-refractivity contribution in [2.45, 2.75) is 31.2 Å². The average molecular weight is 510 g/mol. The standard InChI is InChI=1S/C29H28FN7O/c1-35-28(38)25-26(31-20-7-3-2-4-8-20)36(34-27(25)37-23-11-5-10-22(23)33-29(35)37)17-18-13-15-19(16-14-18)21-9-6-12-24(30)32-21/h2-16,22,25-27,29,31,33-34H,17H2,1H3. The minimum Gasteiger partial charge on any atom is -0.368 e. The molecule has 5 unspecified atom stereocenters. The molecule has 1 amide bonds.